The van der Waals surface area contributed by atoms with Gasteiger partial charge in [0.05, 0.1) is 16.5 Å². The lowest BCUT2D eigenvalue weighted by atomic mass is 10.1. The molecule has 1 N–H and O–H groups in total. The number of carbonyl (C=O) groups is 2. The van der Waals surface area contributed by atoms with Gasteiger partial charge in [-0.2, -0.15) is 0 Å². The van der Waals surface area contributed by atoms with Crippen LogP contribution < -0.4 is 5.32 Å². The molecule has 0 radical (unpaired) electrons. The highest BCUT2D eigenvalue weighted by molar-refractivity contribution is 6.42. The van der Waals surface area contributed by atoms with Crippen LogP contribution in [0.5, 0.6) is 0 Å². The summed E-state index contributed by atoms with van der Waals surface area (Å²) < 4.78 is 0. The van der Waals surface area contributed by atoms with Crippen LogP contribution in [-0.4, -0.2) is 29.3 Å². The fourth-order valence-electron chi connectivity index (χ4n) is 3.07. The van der Waals surface area contributed by atoms with Crippen LogP contribution in [0.15, 0.2) is 36.4 Å². The predicted octanol–water partition coefficient (Wildman–Crippen LogP) is 6.18. The highest BCUT2D eigenvalue weighted by Crippen LogP contribution is 2.27. The number of halogens is 4. The van der Waals surface area contributed by atoms with Gasteiger partial charge >= 0.3 is 0 Å². The zero-order valence-electron chi connectivity index (χ0n) is 16.9. The maximum Gasteiger partial charge on any atom is 0.242 e. The molecule has 2 aromatic carbocycles. The third-order valence-electron chi connectivity index (χ3n) is 4.66. The summed E-state index contributed by atoms with van der Waals surface area (Å²) in [6, 6.07) is 9.61. The smallest absolute Gasteiger partial charge is 0.242 e. The van der Waals surface area contributed by atoms with Crippen LogP contribution in [0.3, 0.4) is 0 Å². The molecule has 0 fully saturated rings. The normalized spacial score (nSPS) is 11.8. The first-order valence-electron chi connectivity index (χ1n) is 9.72. The summed E-state index contributed by atoms with van der Waals surface area (Å²) in [5, 5.41) is 4.51. The molecule has 2 amide bonds. The first-order chi connectivity index (χ1) is 14.3. The van der Waals surface area contributed by atoms with Crippen molar-refractivity contribution in [1.82, 2.24) is 10.2 Å². The summed E-state index contributed by atoms with van der Waals surface area (Å²) in [7, 11) is 0. The molecule has 2 aromatic rings. The molecule has 0 heterocycles. The summed E-state index contributed by atoms with van der Waals surface area (Å²) in [4.78, 5) is 27.6. The molecule has 162 valence electrons. The number of nitrogens with one attached hydrogen (secondary N) is 1. The van der Waals surface area contributed by atoms with Crippen LogP contribution in [0.2, 0.25) is 20.1 Å². The van der Waals surface area contributed by atoms with Gasteiger partial charge in [-0.3, -0.25) is 9.59 Å². The Balaban J connectivity index is 2.36. The lowest BCUT2D eigenvalue weighted by Crippen LogP contribution is -2.49. The Morgan fingerprint density at radius 3 is 2.20 bits per heavy atom. The zero-order chi connectivity index (χ0) is 22.3. The minimum Gasteiger partial charge on any atom is -0.354 e. The van der Waals surface area contributed by atoms with Crippen molar-refractivity contribution in [2.24, 2.45) is 0 Å². The summed E-state index contributed by atoms with van der Waals surface area (Å²) in [6.07, 6.45) is 1.24. The van der Waals surface area contributed by atoms with E-state index in [1.165, 1.54) is 0 Å². The van der Waals surface area contributed by atoms with E-state index in [0.29, 0.717) is 38.6 Å². The summed E-state index contributed by atoms with van der Waals surface area (Å²) >= 11 is 24.7. The number of carbonyl (C=O) groups excluding carboxylic acids is 2. The van der Waals surface area contributed by atoms with Crippen molar-refractivity contribution >= 4 is 58.2 Å². The first kappa shape index (κ1) is 24.8. The van der Waals surface area contributed by atoms with Gasteiger partial charge in [0.15, 0.2) is 0 Å². The third-order valence-corrected chi connectivity index (χ3v) is 6.11. The summed E-state index contributed by atoms with van der Waals surface area (Å²) in [5.41, 5.74) is 1.30. The number of nitrogens with zero attached hydrogens (tertiary/aromatic N) is 1. The molecule has 0 aliphatic rings. The van der Waals surface area contributed by atoms with E-state index >= 15 is 0 Å². The third kappa shape index (κ3) is 6.52. The average Bonchev–Trinajstić information content (AvgIpc) is 2.71. The second kappa shape index (κ2) is 11.8. The molecular formula is C22H24Cl4N2O2. The molecular weight excluding hydrogens is 466 g/mol. The van der Waals surface area contributed by atoms with Crippen LogP contribution in [0.4, 0.5) is 0 Å². The number of hydrogen-bond acceptors (Lipinski definition) is 2. The standard InChI is InChI=1S/C22H24Cl4N2O2/c1-3-10-27-22(30)20(4-2)28(13-14-8-9-18(25)19(26)11-14)21(29)12-15-16(23)6-5-7-17(15)24/h5-9,11,20H,3-4,10,12-13H2,1-2H3,(H,27,30)/t20-/m1/s1. The molecule has 0 aliphatic carbocycles. The van der Waals surface area contributed by atoms with Gasteiger partial charge < -0.3 is 10.2 Å². The second-order valence-electron chi connectivity index (χ2n) is 6.86. The molecule has 1 atom stereocenters. The topological polar surface area (TPSA) is 49.4 Å². The van der Waals surface area contributed by atoms with Crippen molar-refractivity contribution in [1.29, 1.82) is 0 Å². The van der Waals surface area contributed by atoms with E-state index < -0.39 is 6.04 Å². The van der Waals surface area contributed by atoms with E-state index in [1.54, 1.807) is 41.3 Å². The van der Waals surface area contributed by atoms with Gasteiger partial charge in [-0.05, 0) is 48.2 Å². The Morgan fingerprint density at radius 1 is 0.967 bits per heavy atom. The predicted molar refractivity (Wildman–Crippen MR) is 125 cm³/mol. The van der Waals surface area contributed by atoms with Crippen LogP contribution >= 0.6 is 46.4 Å². The molecule has 0 unspecified atom stereocenters. The van der Waals surface area contributed by atoms with Crippen LogP contribution in [0.1, 0.15) is 37.8 Å². The lowest BCUT2D eigenvalue weighted by Gasteiger charge is -2.31. The molecule has 0 saturated carbocycles. The van der Waals surface area contributed by atoms with E-state index in [4.69, 9.17) is 46.4 Å². The number of benzene rings is 2. The molecule has 30 heavy (non-hydrogen) atoms. The quantitative estimate of drug-likeness (QED) is 0.457. The second-order valence-corrected chi connectivity index (χ2v) is 8.49. The first-order valence-corrected chi connectivity index (χ1v) is 11.2. The highest BCUT2D eigenvalue weighted by Gasteiger charge is 2.29. The van der Waals surface area contributed by atoms with Gasteiger partial charge in [0, 0.05) is 23.1 Å². The molecule has 0 aliphatic heterocycles. The van der Waals surface area contributed by atoms with E-state index in [1.807, 2.05) is 13.8 Å². The van der Waals surface area contributed by atoms with Gasteiger partial charge in [0.1, 0.15) is 6.04 Å². The van der Waals surface area contributed by atoms with Crippen LogP contribution in [0, 0.1) is 0 Å². The Bertz CT molecular complexity index is 884. The van der Waals surface area contributed by atoms with Crippen LogP contribution in [-0.2, 0) is 22.6 Å². The van der Waals surface area contributed by atoms with E-state index in [9.17, 15) is 9.59 Å². The van der Waals surface area contributed by atoms with Gasteiger partial charge in [0.2, 0.25) is 11.8 Å². The maximum absolute atomic E-state index is 13.3. The average molecular weight is 490 g/mol. The highest BCUT2D eigenvalue weighted by atomic mass is 35.5. The Kier molecular flexibility index (Phi) is 9.76. The van der Waals surface area contributed by atoms with Gasteiger partial charge in [-0.15, -0.1) is 0 Å². The molecule has 0 bridgehead atoms. The fourth-order valence-corrected chi connectivity index (χ4v) is 3.93. The van der Waals surface area contributed by atoms with Crippen molar-refractivity contribution in [3.05, 3.63) is 67.6 Å². The Morgan fingerprint density at radius 2 is 1.63 bits per heavy atom. The van der Waals surface area contributed by atoms with Crippen molar-refractivity contribution < 1.29 is 9.59 Å². The Labute approximate surface area is 197 Å². The van der Waals surface area contributed by atoms with Gasteiger partial charge in [-0.25, -0.2) is 0 Å². The van der Waals surface area contributed by atoms with E-state index in [2.05, 4.69) is 5.32 Å². The minimum absolute atomic E-state index is 0.0165. The minimum atomic E-state index is -0.639. The summed E-state index contributed by atoms with van der Waals surface area (Å²) in [6.45, 7) is 4.59. The lowest BCUT2D eigenvalue weighted by molar-refractivity contribution is -0.140. The molecule has 2 rings (SSSR count). The van der Waals surface area contributed by atoms with Crippen LogP contribution in [0.25, 0.3) is 0 Å². The molecule has 0 aromatic heterocycles. The monoisotopic (exact) mass is 488 g/mol. The van der Waals surface area contributed by atoms with E-state index in [-0.39, 0.29) is 24.8 Å². The number of rotatable bonds is 9. The SMILES string of the molecule is CCCNC(=O)[C@@H](CC)N(Cc1ccc(Cl)c(Cl)c1)C(=O)Cc1c(Cl)cccc1Cl. The zero-order valence-corrected chi connectivity index (χ0v) is 19.9. The number of hydrogen-bond donors (Lipinski definition) is 1. The Hall–Kier alpha value is -1.46. The van der Waals surface area contributed by atoms with Crippen molar-refractivity contribution in [2.75, 3.05) is 6.54 Å². The summed E-state index contributed by atoms with van der Waals surface area (Å²) in [5.74, 6) is -0.451. The van der Waals surface area contributed by atoms with E-state index in [0.717, 1.165) is 12.0 Å². The van der Waals surface area contributed by atoms with Gasteiger partial charge in [0.25, 0.3) is 0 Å². The van der Waals surface area contributed by atoms with Crippen molar-refractivity contribution in [3.8, 4) is 0 Å². The molecule has 0 spiro atoms. The largest absolute Gasteiger partial charge is 0.354 e. The van der Waals surface area contributed by atoms with Crippen molar-refractivity contribution in [2.45, 2.75) is 45.7 Å². The molecule has 8 heteroatoms. The van der Waals surface area contributed by atoms with Crippen molar-refractivity contribution in [3.63, 3.8) is 0 Å². The fraction of sp³-hybridized carbons (Fsp3) is 0.364. The molecule has 4 nitrogen and oxygen atoms in total. The van der Waals surface area contributed by atoms with Gasteiger partial charge in [-0.1, -0.05) is 72.4 Å². The molecule has 0 saturated heterocycles. The maximum atomic E-state index is 13.3. The number of amides is 2.